The van der Waals surface area contributed by atoms with Crippen LogP contribution in [0.25, 0.3) is 0 Å². The summed E-state index contributed by atoms with van der Waals surface area (Å²) in [4.78, 5) is 22.0. The fourth-order valence-electron chi connectivity index (χ4n) is 2.79. The van der Waals surface area contributed by atoms with Crippen molar-refractivity contribution in [2.24, 2.45) is 4.40 Å². The lowest BCUT2D eigenvalue weighted by Crippen LogP contribution is -2.32. The van der Waals surface area contributed by atoms with Crippen LogP contribution < -0.4 is 10.6 Å². The molecule has 1 saturated heterocycles. The van der Waals surface area contributed by atoms with Gasteiger partial charge < -0.3 is 10.6 Å². The zero-order valence-electron chi connectivity index (χ0n) is 17.1. The van der Waals surface area contributed by atoms with Gasteiger partial charge in [-0.1, -0.05) is 11.8 Å². The van der Waals surface area contributed by atoms with Crippen LogP contribution in [0.1, 0.15) is 13.8 Å². The summed E-state index contributed by atoms with van der Waals surface area (Å²) in [5.41, 5.74) is 0.859. The van der Waals surface area contributed by atoms with Crippen molar-refractivity contribution < 1.29 is 26.4 Å². The first-order chi connectivity index (χ1) is 15.0. The van der Waals surface area contributed by atoms with E-state index in [1.807, 2.05) is 0 Å². The summed E-state index contributed by atoms with van der Waals surface area (Å²) in [5, 5.41) is 4.93. The van der Waals surface area contributed by atoms with Crippen LogP contribution in [0.5, 0.6) is 0 Å². The smallest absolute Gasteiger partial charge is 0.284 e. The maximum atomic E-state index is 13.1. The molecule has 3 rings (SSSR count). The van der Waals surface area contributed by atoms with Crippen LogP contribution in [-0.4, -0.2) is 50.4 Å². The quantitative estimate of drug-likeness (QED) is 0.623. The molecule has 0 radical (unpaired) electrons. The van der Waals surface area contributed by atoms with Crippen LogP contribution in [-0.2, 0) is 29.6 Å². The predicted molar refractivity (Wildman–Crippen MR) is 122 cm³/mol. The molecule has 2 aromatic carbocycles. The summed E-state index contributed by atoms with van der Waals surface area (Å²) < 4.78 is 56.3. The maximum Gasteiger partial charge on any atom is 0.284 e. The normalized spacial score (nSPS) is 15.6. The number of carbonyl (C=O) groups excluding carboxylic acids is 2. The van der Waals surface area contributed by atoms with Crippen LogP contribution in [0, 0.1) is 0 Å². The molecule has 2 N–H and O–H groups in total. The molecule has 1 aliphatic rings. The second-order valence-electron chi connectivity index (χ2n) is 6.69. The molecule has 0 unspecified atom stereocenters. The third kappa shape index (κ3) is 5.47. The zero-order chi connectivity index (χ0) is 23.5. The van der Waals surface area contributed by atoms with Gasteiger partial charge in [0.05, 0.1) is 9.79 Å². The Morgan fingerprint density at radius 3 is 1.78 bits per heavy atom. The number of carbonyl (C=O) groups is 2. The van der Waals surface area contributed by atoms with Crippen molar-refractivity contribution >= 4 is 60.2 Å². The van der Waals surface area contributed by atoms with Gasteiger partial charge in [0.2, 0.25) is 11.8 Å². The average molecular weight is 497 g/mol. The van der Waals surface area contributed by atoms with Gasteiger partial charge in [-0.15, -0.1) is 4.40 Å². The molecule has 1 heterocycles. The Bertz CT molecular complexity index is 1270. The standard InChI is InChI=1S/C19H20N4O6S3/c1-13(24)20-15-3-7-17(8-4-15)31(26,27)22-19-23(11-12-30-19)32(28,29)18-9-5-16(6-10-18)21-14(2)25/h3-10H,11-12H2,1-2H3,(H,20,24)(H,21,25)/b22-19+. The third-order valence-corrected chi connectivity index (χ3v) is 8.44. The number of anilines is 2. The molecule has 0 aliphatic carbocycles. The summed E-state index contributed by atoms with van der Waals surface area (Å²) in [5.74, 6) is -0.241. The van der Waals surface area contributed by atoms with E-state index in [4.69, 9.17) is 0 Å². The number of thioether (sulfide) groups is 1. The second kappa shape index (κ2) is 9.30. The van der Waals surface area contributed by atoms with Gasteiger partial charge >= 0.3 is 0 Å². The van der Waals surface area contributed by atoms with E-state index in [0.717, 1.165) is 16.1 Å². The van der Waals surface area contributed by atoms with Gasteiger partial charge in [-0.05, 0) is 48.5 Å². The molecular formula is C19H20N4O6S3. The molecule has 1 aliphatic heterocycles. The molecule has 2 aromatic rings. The summed E-state index contributed by atoms with van der Waals surface area (Å²) in [6.07, 6.45) is 0. The lowest BCUT2D eigenvalue weighted by Gasteiger charge is -2.18. The van der Waals surface area contributed by atoms with Gasteiger partial charge in [0, 0.05) is 37.5 Å². The number of hydrogen-bond acceptors (Lipinski definition) is 7. The van der Waals surface area contributed by atoms with Crippen molar-refractivity contribution in [3.63, 3.8) is 0 Å². The molecule has 13 heteroatoms. The Morgan fingerprint density at radius 1 is 0.844 bits per heavy atom. The first kappa shape index (κ1) is 23.8. The SMILES string of the molecule is CC(=O)Nc1ccc(S(=O)(=O)/N=C2/SCCN2S(=O)(=O)c2ccc(NC(C)=O)cc2)cc1. The maximum absolute atomic E-state index is 13.1. The molecular weight excluding hydrogens is 476 g/mol. The average Bonchev–Trinajstić information content (AvgIpc) is 3.16. The van der Waals surface area contributed by atoms with Crippen molar-refractivity contribution in [2.45, 2.75) is 23.6 Å². The summed E-state index contributed by atoms with van der Waals surface area (Å²) in [7, 11) is -8.23. The summed E-state index contributed by atoms with van der Waals surface area (Å²) in [6, 6.07) is 11.0. The Balaban J connectivity index is 1.87. The number of hydrogen-bond donors (Lipinski definition) is 2. The zero-order valence-corrected chi connectivity index (χ0v) is 19.6. The molecule has 0 spiro atoms. The minimum absolute atomic E-state index is 0.0566. The Labute approximate surface area is 190 Å². The summed E-state index contributed by atoms with van der Waals surface area (Å²) >= 11 is 1.02. The number of rotatable bonds is 6. The first-order valence-corrected chi connectivity index (χ1v) is 13.1. The van der Waals surface area contributed by atoms with Crippen molar-refractivity contribution in [2.75, 3.05) is 22.9 Å². The minimum Gasteiger partial charge on any atom is -0.326 e. The van der Waals surface area contributed by atoms with E-state index in [-0.39, 0.29) is 33.3 Å². The van der Waals surface area contributed by atoms with Crippen LogP contribution in [0.3, 0.4) is 0 Å². The minimum atomic E-state index is -4.18. The predicted octanol–water partition coefficient (Wildman–Crippen LogP) is 2.09. The summed E-state index contributed by atoms with van der Waals surface area (Å²) in [6.45, 7) is 2.73. The molecule has 170 valence electrons. The van der Waals surface area contributed by atoms with Crippen LogP contribution in [0.2, 0.25) is 0 Å². The van der Waals surface area contributed by atoms with E-state index >= 15 is 0 Å². The van der Waals surface area contributed by atoms with Crippen molar-refractivity contribution in [3.05, 3.63) is 48.5 Å². The lowest BCUT2D eigenvalue weighted by molar-refractivity contribution is -0.115. The monoisotopic (exact) mass is 496 g/mol. The number of sulfonamides is 2. The van der Waals surface area contributed by atoms with Gasteiger partial charge in [0.1, 0.15) is 0 Å². The van der Waals surface area contributed by atoms with Gasteiger partial charge in [-0.3, -0.25) is 9.59 Å². The second-order valence-corrected chi connectivity index (χ2v) is 11.2. The highest BCUT2D eigenvalue weighted by Crippen LogP contribution is 2.28. The Morgan fingerprint density at radius 2 is 1.31 bits per heavy atom. The van der Waals surface area contributed by atoms with Crippen molar-refractivity contribution in [1.82, 2.24) is 4.31 Å². The van der Waals surface area contributed by atoms with Gasteiger partial charge in [-0.2, -0.15) is 8.42 Å². The number of amides is 2. The number of amidine groups is 1. The van der Waals surface area contributed by atoms with Crippen LogP contribution in [0.4, 0.5) is 11.4 Å². The van der Waals surface area contributed by atoms with E-state index in [1.54, 1.807) is 0 Å². The number of benzene rings is 2. The molecule has 2 amide bonds. The van der Waals surface area contributed by atoms with Gasteiger partial charge in [-0.25, -0.2) is 12.7 Å². The molecule has 32 heavy (non-hydrogen) atoms. The lowest BCUT2D eigenvalue weighted by atomic mass is 10.3. The van der Waals surface area contributed by atoms with E-state index in [1.165, 1.54) is 62.4 Å². The van der Waals surface area contributed by atoms with Crippen LogP contribution in [0.15, 0.2) is 62.7 Å². The Hall–Kier alpha value is -2.90. The number of nitrogens with one attached hydrogen (secondary N) is 2. The third-order valence-electron chi connectivity index (χ3n) is 4.17. The van der Waals surface area contributed by atoms with Crippen molar-refractivity contribution in [1.29, 1.82) is 0 Å². The van der Waals surface area contributed by atoms with Gasteiger partial charge in [0.15, 0.2) is 5.17 Å². The molecule has 0 atom stereocenters. The fourth-order valence-corrected chi connectivity index (χ4v) is 6.81. The van der Waals surface area contributed by atoms with E-state index < -0.39 is 20.0 Å². The molecule has 1 fully saturated rings. The van der Waals surface area contributed by atoms with Crippen LogP contribution >= 0.6 is 11.8 Å². The fraction of sp³-hybridized carbons (Fsp3) is 0.211. The molecule has 0 aromatic heterocycles. The van der Waals surface area contributed by atoms with Crippen molar-refractivity contribution in [3.8, 4) is 0 Å². The topological polar surface area (TPSA) is 142 Å². The van der Waals surface area contributed by atoms with Gasteiger partial charge in [0.25, 0.3) is 20.0 Å². The van der Waals surface area contributed by atoms with E-state index in [9.17, 15) is 26.4 Å². The number of nitrogens with zero attached hydrogens (tertiary/aromatic N) is 2. The molecule has 10 nitrogen and oxygen atoms in total. The van der Waals surface area contributed by atoms with E-state index in [0.29, 0.717) is 17.1 Å². The largest absolute Gasteiger partial charge is 0.326 e. The Kier molecular flexibility index (Phi) is 6.91. The molecule has 0 saturated carbocycles. The van der Waals surface area contributed by atoms with E-state index in [2.05, 4.69) is 15.0 Å². The highest BCUT2D eigenvalue weighted by atomic mass is 32.2. The molecule has 0 bridgehead atoms. The highest BCUT2D eigenvalue weighted by Gasteiger charge is 2.34. The first-order valence-electron chi connectivity index (χ1n) is 9.25. The highest BCUT2D eigenvalue weighted by molar-refractivity contribution is 8.16.